The van der Waals surface area contributed by atoms with Crippen LogP contribution in [0.15, 0.2) is 0 Å². The molecular formula is C9H17NO2. The van der Waals surface area contributed by atoms with Crippen LogP contribution in [0.1, 0.15) is 32.1 Å². The summed E-state index contributed by atoms with van der Waals surface area (Å²) in [6.07, 6.45) is 5.89. The number of nitrogens with two attached hydrogens (primary N) is 1. The Morgan fingerprint density at radius 1 is 1.00 bits per heavy atom. The second-order valence-electron chi connectivity index (χ2n) is 3.85. The molecule has 3 heteroatoms. The van der Waals surface area contributed by atoms with Crippen LogP contribution in [0, 0.1) is 0 Å². The zero-order valence-electron chi connectivity index (χ0n) is 7.42. The molecule has 0 radical (unpaired) electrons. The molecular weight excluding hydrogens is 154 g/mol. The summed E-state index contributed by atoms with van der Waals surface area (Å²) in [5.74, 6) is -0.242. The van der Waals surface area contributed by atoms with E-state index in [2.05, 4.69) is 0 Å². The van der Waals surface area contributed by atoms with Crippen molar-refractivity contribution in [2.24, 2.45) is 5.73 Å². The Morgan fingerprint density at radius 2 is 1.58 bits per heavy atom. The third-order valence-corrected chi connectivity index (χ3v) is 2.74. The highest BCUT2D eigenvalue weighted by molar-refractivity contribution is 4.80. The molecule has 0 bridgehead atoms. The lowest BCUT2D eigenvalue weighted by Gasteiger charge is -2.41. The van der Waals surface area contributed by atoms with Gasteiger partial charge in [-0.15, -0.1) is 0 Å². The van der Waals surface area contributed by atoms with Gasteiger partial charge in [0.15, 0.2) is 5.79 Å². The third-order valence-electron chi connectivity index (χ3n) is 2.74. The van der Waals surface area contributed by atoms with Gasteiger partial charge in [0.05, 0.1) is 19.3 Å². The summed E-state index contributed by atoms with van der Waals surface area (Å²) in [5.41, 5.74) is 5.67. The summed E-state index contributed by atoms with van der Waals surface area (Å²) in [5, 5.41) is 0. The maximum Gasteiger partial charge on any atom is 0.168 e. The molecule has 0 unspecified atom stereocenters. The Morgan fingerprint density at radius 3 is 2.17 bits per heavy atom. The summed E-state index contributed by atoms with van der Waals surface area (Å²) in [6.45, 7) is 1.33. The minimum absolute atomic E-state index is 0.0811. The van der Waals surface area contributed by atoms with E-state index in [4.69, 9.17) is 15.2 Å². The number of hydrogen-bond acceptors (Lipinski definition) is 3. The fourth-order valence-electron chi connectivity index (χ4n) is 1.99. The maximum absolute atomic E-state index is 5.67. The second kappa shape index (κ2) is 3.32. The van der Waals surface area contributed by atoms with Gasteiger partial charge in [-0.25, -0.2) is 0 Å². The van der Waals surface area contributed by atoms with Crippen molar-refractivity contribution in [1.82, 2.24) is 0 Å². The standard InChI is InChI=1S/C9H17NO2/c10-8-6-11-9(12-7-8)4-2-1-3-5-9/h8H,1-7,10H2. The summed E-state index contributed by atoms with van der Waals surface area (Å²) in [4.78, 5) is 0. The molecule has 1 aliphatic heterocycles. The summed E-state index contributed by atoms with van der Waals surface area (Å²) in [6, 6.07) is 0.0811. The molecule has 12 heavy (non-hydrogen) atoms. The van der Waals surface area contributed by atoms with Crippen LogP contribution in [0.4, 0.5) is 0 Å². The van der Waals surface area contributed by atoms with E-state index in [0.717, 1.165) is 12.8 Å². The highest BCUT2D eigenvalue weighted by atomic mass is 16.7. The highest BCUT2D eigenvalue weighted by Gasteiger charge is 2.37. The van der Waals surface area contributed by atoms with Gasteiger partial charge in [0.1, 0.15) is 0 Å². The molecule has 70 valence electrons. The molecule has 1 spiro atoms. The first-order valence-electron chi connectivity index (χ1n) is 4.84. The molecule has 0 aromatic carbocycles. The van der Waals surface area contributed by atoms with Crippen molar-refractivity contribution in [2.45, 2.75) is 43.9 Å². The van der Waals surface area contributed by atoms with E-state index in [1.807, 2.05) is 0 Å². The highest BCUT2D eigenvalue weighted by Crippen LogP contribution is 2.34. The van der Waals surface area contributed by atoms with E-state index in [1.54, 1.807) is 0 Å². The molecule has 2 fully saturated rings. The molecule has 2 aliphatic rings. The van der Waals surface area contributed by atoms with Crippen molar-refractivity contribution in [1.29, 1.82) is 0 Å². The molecule has 2 rings (SSSR count). The summed E-state index contributed by atoms with van der Waals surface area (Å²) >= 11 is 0. The van der Waals surface area contributed by atoms with Gasteiger partial charge in [-0.05, 0) is 12.8 Å². The molecule has 1 saturated heterocycles. The zero-order valence-corrected chi connectivity index (χ0v) is 7.42. The van der Waals surface area contributed by atoms with Gasteiger partial charge in [0, 0.05) is 12.8 Å². The molecule has 2 N–H and O–H groups in total. The van der Waals surface area contributed by atoms with Gasteiger partial charge < -0.3 is 15.2 Å². The van der Waals surface area contributed by atoms with Crippen molar-refractivity contribution >= 4 is 0 Å². The average molecular weight is 171 g/mol. The van der Waals surface area contributed by atoms with Crippen LogP contribution in [-0.2, 0) is 9.47 Å². The minimum Gasteiger partial charge on any atom is -0.348 e. The Hall–Kier alpha value is -0.120. The molecule has 3 nitrogen and oxygen atoms in total. The minimum atomic E-state index is -0.242. The van der Waals surface area contributed by atoms with Crippen LogP contribution in [0.3, 0.4) is 0 Å². The Bertz CT molecular complexity index is 145. The van der Waals surface area contributed by atoms with Crippen LogP contribution in [0.5, 0.6) is 0 Å². The van der Waals surface area contributed by atoms with Gasteiger partial charge in [-0.1, -0.05) is 6.42 Å². The van der Waals surface area contributed by atoms with Crippen molar-refractivity contribution in [3.63, 3.8) is 0 Å². The number of hydrogen-bond donors (Lipinski definition) is 1. The quantitative estimate of drug-likeness (QED) is 0.592. The van der Waals surface area contributed by atoms with Crippen LogP contribution in [0.2, 0.25) is 0 Å². The van der Waals surface area contributed by atoms with Gasteiger partial charge in [-0.2, -0.15) is 0 Å². The fourth-order valence-corrected chi connectivity index (χ4v) is 1.99. The number of ether oxygens (including phenoxy) is 2. The van der Waals surface area contributed by atoms with E-state index in [1.165, 1.54) is 19.3 Å². The molecule has 0 amide bonds. The molecule has 0 atom stereocenters. The Labute approximate surface area is 73.2 Å². The van der Waals surface area contributed by atoms with Crippen LogP contribution >= 0.6 is 0 Å². The van der Waals surface area contributed by atoms with E-state index in [9.17, 15) is 0 Å². The topological polar surface area (TPSA) is 44.5 Å². The van der Waals surface area contributed by atoms with Gasteiger partial charge in [0.2, 0.25) is 0 Å². The van der Waals surface area contributed by atoms with Crippen molar-refractivity contribution in [2.75, 3.05) is 13.2 Å². The molecule has 0 aromatic rings. The fraction of sp³-hybridized carbons (Fsp3) is 1.00. The first kappa shape index (κ1) is 8.48. The lowest BCUT2D eigenvalue weighted by Crippen LogP contribution is -2.50. The predicted molar refractivity (Wildman–Crippen MR) is 45.7 cm³/mol. The summed E-state index contributed by atoms with van der Waals surface area (Å²) in [7, 11) is 0. The predicted octanol–water partition coefficient (Wildman–Crippen LogP) is 1.02. The molecule has 1 aliphatic carbocycles. The van der Waals surface area contributed by atoms with Gasteiger partial charge in [0.25, 0.3) is 0 Å². The van der Waals surface area contributed by atoms with E-state index < -0.39 is 0 Å². The van der Waals surface area contributed by atoms with E-state index >= 15 is 0 Å². The largest absolute Gasteiger partial charge is 0.348 e. The molecule has 1 saturated carbocycles. The van der Waals surface area contributed by atoms with Crippen LogP contribution < -0.4 is 5.73 Å². The van der Waals surface area contributed by atoms with Crippen LogP contribution in [0.25, 0.3) is 0 Å². The van der Waals surface area contributed by atoms with Crippen LogP contribution in [-0.4, -0.2) is 25.0 Å². The van der Waals surface area contributed by atoms with Gasteiger partial charge >= 0.3 is 0 Å². The van der Waals surface area contributed by atoms with Crippen molar-refractivity contribution in [3.05, 3.63) is 0 Å². The van der Waals surface area contributed by atoms with E-state index in [0.29, 0.717) is 13.2 Å². The lowest BCUT2D eigenvalue weighted by atomic mass is 9.93. The Balaban J connectivity index is 1.92. The first-order valence-corrected chi connectivity index (χ1v) is 4.84. The third kappa shape index (κ3) is 1.63. The van der Waals surface area contributed by atoms with Crippen molar-refractivity contribution in [3.8, 4) is 0 Å². The average Bonchev–Trinajstić information content (AvgIpc) is 2.13. The molecule has 1 heterocycles. The second-order valence-corrected chi connectivity index (χ2v) is 3.85. The normalized spacial score (nSPS) is 30.8. The van der Waals surface area contributed by atoms with Gasteiger partial charge in [-0.3, -0.25) is 0 Å². The van der Waals surface area contributed by atoms with Crippen molar-refractivity contribution < 1.29 is 9.47 Å². The van der Waals surface area contributed by atoms with E-state index in [-0.39, 0.29) is 11.8 Å². The Kier molecular flexibility index (Phi) is 2.35. The SMILES string of the molecule is NC1COC2(CCCCC2)OC1. The zero-order chi connectivity index (χ0) is 8.44. The first-order chi connectivity index (χ1) is 5.81. The monoisotopic (exact) mass is 171 g/mol. The lowest BCUT2D eigenvalue weighted by molar-refractivity contribution is -0.284. The maximum atomic E-state index is 5.67. The number of rotatable bonds is 0. The summed E-state index contributed by atoms with van der Waals surface area (Å²) < 4.78 is 11.3. The smallest absolute Gasteiger partial charge is 0.168 e. The molecule has 0 aromatic heterocycles.